The van der Waals surface area contributed by atoms with Crippen LogP contribution in [0.4, 0.5) is 4.39 Å². The van der Waals surface area contributed by atoms with Crippen molar-refractivity contribution in [1.29, 1.82) is 0 Å². The van der Waals surface area contributed by atoms with Gasteiger partial charge in [-0.1, -0.05) is 35.5 Å². The first-order chi connectivity index (χ1) is 13.1. The minimum atomic E-state index is -0.754. The van der Waals surface area contributed by atoms with E-state index in [9.17, 15) is 14.0 Å². The monoisotopic (exact) mass is 363 g/mol. The van der Waals surface area contributed by atoms with Gasteiger partial charge in [0, 0.05) is 23.2 Å². The fourth-order valence-corrected chi connectivity index (χ4v) is 2.82. The summed E-state index contributed by atoms with van der Waals surface area (Å²) in [5, 5.41) is 7.00. The summed E-state index contributed by atoms with van der Waals surface area (Å²) in [6.07, 6.45) is 1.51. The molecule has 0 aliphatic heterocycles. The Labute approximate surface area is 153 Å². The molecule has 0 bridgehead atoms. The molecular formula is C20H14FN3O3. The molecule has 0 saturated heterocycles. The van der Waals surface area contributed by atoms with Crippen LogP contribution in [0.1, 0.15) is 16.1 Å². The largest absolute Gasteiger partial charge is 0.360 e. The van der Waals surface area contributed by atoms with E-state index in [1.165, 1.54) is 18.3 Å². The van der Waals surface area contributed by atoms with Crippen LogP contribution >= 0.6 is 0 Å². The van der Waals surface area contributed by atoms with Crippen molar-refractivity contribution in [3.63, 3.8) is 0 Å². The molecule has 6 nitrogen and oxygen atoms in total. The average molecular weight is 363 g/mol. The number of hydrogen-bond acceptors (Lipinski definition) is 4. The second-order valence-electron chi connectivity index (χ2n) is 5.92. The van der Waals surface area contributed by atoms with E-state index >= 15 is 0 Å². The lowest BCUT2D eigenvalue weighted by atomic mass is 10.1. The third-order valence-corrected chi connectivity index (χ3v) is 4.17. The van der Waals surface area contributed by atoms with Gasteiger partial charge in [-0.25, -0.2) is 4.39 Å². The molecule has 2 heterocycles. The number of amides is 1. The number of rotatable bonds is 5. The Balaban J connectivity index is 1.45. The number of nitrogens with one attached hydrogen (secondary N) is 2. The first kappa shape index (κ1) is 16.7. The van der Waals surface area contributed by atoms with Crippen molar-refractivity contribution in [1.82, 2.24) is 15.5 Å². The van der Waals surface area contributed by atoms with Gasteiger partial charge in [0.25, 0.3) is 11.7 Å². The quantitative estimate of drug-likeness (QED) is 0.420. The highest BCUT2D eigenvalue weighted by atomic mass is 19.1. The van der Waals surface area contributed by atoms with Crippen LogP contribution in [-0.2, 0) is 11.3 Å². The topological polar surface area (TPSA) is 88.0 Å². The van der Waals surface area contributed by atoms with Gasteiger partial charge in [-0.2, -0.15) is 0 Å². The molecule has 0 radical (unpaired) electrons. The number of para-hydroxylation sites is 1. The van der Waals surface area contributed by atoms with Crippen molar-refractivity contribution in [3.8, 4) is 11.3 Å². The van der Waals surface area contributed by atoms with Crippen LogP contribution in [0.25, 0.3) is 22.2 Å². The summed E-state index contributed by atoms with van der Waals surface area (Å²) in [6, 6.07) is 14.9. The first-order valence-corrected chi connectivity index (χ1v) is 8.22. The lowest BCUT2D eigenvalue weighted by Gasteiger charge is -2.01. The third kappa shape index (κ3) is 3.22. The van der Waals surface area contributed by atoms with Gasteiger partial charge in [0.2, 0.25) is 0 Å². The molecule has 0 spiro atoms. The van der Waals surface area contributed by atoms with Crippen molar-refractivity contribution in [3.05, 3.63) is 77.9 Å². The number of carbonyl (C=O) groups is 2. The summed E-state index contributed by atoms with van der Waals surface area (Å²) < 4.78 is 18.9. The molecule has 0 aliphatic carbocycles. The second-order valence-corrected chi connectivity index (χ2v) is 5.92. The van der Waals surface area contributed by atoms with E-state index < -0.39 is 17.5 Å². The van der Waals surface area contributed by atoms with Crippen LogP contribution in [0.5, 0.6) is 0 Å². The van der Waals surface area contributed by atoms with Crippen molar-refractivity contribution in [2.75, 3.05) is 0 Å². The number of carbonyl (C=O) groups excluding carboxylic acids is 2. The van der Waals surface area contributed by atoms with Gasteiger partial charge in [0.05, 0.1) is 17.7 Å². The van der Waals surface area contributed by atoms with Crippen LogP contribution in [0, 0.1) is 5.82 Å². The Morgan fingerprint density at radius 2 is 1.89 bits per heavy atom. The zero-order chi connectivity index (χ0) is 18.8. The minimum absolute atomic E-state index is 0.00905. The molecule has 4 rings (SSSR count). The highest BCUT2D eigenvalue weighted by molar-refractivity contribution is 6.44. The van der Waals surface area contributed by atoms with Crippen LogP contribution in [0.3, 0.4) is 0 Å². The van der Waals surface area contributed by atoms with E-state index in [0.717, 1.165) is 5.52 Å². The summed E-state index contributed by atoms with van der Waals surface area (Å²) >= 11 is 0. The van der Waals surface area contributed by atoms with Gasteiger partial charge >= 0.3 is 0 Å². The molecular weight excluding hydrogens is 349 g/mol. The molecule has 4 aromatic rings. The fourth-order valence-electron chi connectivity index (χ4n) is 2.82. The van der Waals surface area contributed by atoms with Gasteiger partial charge in [-0.05, 0) is 18.2 Å². The number of ketones is 1. The van der Waals surface area contributed by atoms with E-state index in [2.05, 4.69) is 15.5 Å². The zero-order valence-corrected chi connectivity index (χ0v) is 14.0. The molecule has 27 heavy (non-hydrogen) atoms. The standard InChI is InChI=1S/C20H14FN3O3/c21-16-7-3-1-6-14(16)18-9-12(24-27-18)10-23-20(26)19(25)15-11-22-17-8-4-2-5-13(15)17/h1-9,11,22H,10H2,(H,23,26). The molecule has 134 valence electrons. The zero-order valence-electron chi connectivity index (χ0n) is 14.0. The van der Waals surface area contributed by atoms with Gasteiger partial charge in [-0.3, -0.25) is 9.59 Å². The number of halogens is 1. The number of nitrogens with zero attached hydrogens (tertiary/aromatic N) is 1. The third-order valence-electron chi connectivity index (χ3n) is 4.17. The maximum atomic E-state index is 13.8. The van der Waals surface area contributed by atoms with E-state index in [4.69, 9.17) is 4.52 Å². The van der Waals surface area contributed by atoms with Gasteiger partial charge in [0.1, 0.15) is 11.5 Å². The van der Waals surface area contributed by atoms with Crippen molar-refractivity contribution >= 4 is 22.6 Å². The van der Waals surface area contributed by atoms with Crippen molar-refractivity contribution in [2.45, 2.75) is 6.54 Å². The minimum Gasteiger partial charge on any atom is -0.360 e. The Morgan fingerprint density at radius 3 is 2.74 bits per heavy atom. The number of fused-ring (bicyclic) bond motifs is 1. The molecule has 7 heteroatoms. The average Bonchev–Trinajstić information content (AvgIpc) is 3.33. The van der Waals surface area contributed by atoms with Gasteiger partial charge in [0.15, 0.2) is 5.76 Å². The predicted octanol–water partition coefficient (Wildman–Crippen LogP) is 3.46. The highest BCUT2D eigenvalue weighted by Gasteiger charge is 2.20. The number of H-pyrrole nitrogens is 1. The normalized spacial score (nSPS) is 10.9. The number of aromatic amines is 1. The summed E-state index contributed by atoms with van der Waals surface area (Å²) in [5.41, 5.74) is 1.74. The molecule has 2 aromatic carbocycles. The van der Waals surface area contributed by atoms with Crippen LogP contribution in [0.15, 0.2) is 65.3 Å². The first-order valence-electron chi connectivity index (χ1n) is 8.22. The number of benzene rings is 2. The summed E-state index contributed by atoms with van der Waals surface area (Å²) in [5.74, 6) is -1.58. The van der Waals surface area contributed by atoms with E-state index in [-0.39, 0.29) is 17.9 Å². The lowest BCUT2D eigenvalue weighted by molar-refractivity contribution is -0.117. The Morgan fingerprint density at radius 1 is 1.11 bits per heavy atom. The van der Waals surface area contributed by atoms with Crippen LogP contribution in [0.2, 0.25) is 0 Å². The van der Waals surface area contributed by atoms with Crippen molar-refractivity contribution in [2.24, 2.45) is 0 Å². The highest BCUT2D eigenvalue weighted by Crippen LogP contribution is 2.23. The Hall–Kier alpha value is -3.74. The molecule has 0 unspecified atom stereocenters. The summed E-state index contributed by atoms with van der Waals surface area (Å²) in [4.78, 5) is 27.5. The van der Waals surface area contributed by atoms with E-state index in [0.29, 0.717) is 16.6 Å². The molecule has 2 N–H and O–H groups in total. The molecule has 1 amide bonds. The van der Waals surface area contributed by atoms with Gasteiger partial charge < -0.3 is 14.8 Å². The maximum Gasteiger partial charge on any atom is 0.292 e. The molecule has 2 aromatic heterocycles. The number of hydrogen-bond donors (Lipinski definition) is 2. The molecule has 0 aliphatic rings. The lowest BCUT2D eigenvalue weighted by Crippen LogP contribution is -2.30. The van der Waals surface area contributed by atoms with Gasteiger partial charge in [-0.15, -0.1) is 0 Å². The maximum absolute atomic E-state index is 13.8. The number of aromatic nitrogens is 2. The van der Waals surface area contributed by atoms with Crippen LogP contribution < -0.4 is 5.32 Å². The summed E-state index contributed by atoms with van der Waals surface area (Å²) in [6.45, 7) is -0.00905. The van der Waals surface area contributed by atoms with E-state index in [1.54, 1.807) is 30.3 Å². The Kier molecular flexibility index (Phi) is 4.25. The molecule has 0 atom stereocenters. The Bertz CT molecular complexity index is 1150. The SMILES string of the molecule is O=C(NCc1cc(-c2ccccc2F)on1)C(=O)c1c[nH]c2ccccc12. The molecule has 0 saturated carbocycles. The second kappa shape index (κ2) is 6.87. The summed E-state index contributed by atoms with van der Waals surface area (Å²) in [7, 11) is 0. The smallest absolute Gasteiger partial charge is 0.292 e. The van der Waals surface area contributed by atoms with Crippen molar-refractivity contribution < 1.29 is 18.5 Å². The van der Waals surface area contributed by atoms with Crippen LogP contribution in [-0.4, -0.2) is 21.8 Å². The van der Waals surface area contributed by atoms with E-state index in [1.807, 2.05) is 12.1 Å². The number of Topliss-reactive ketones (excluding diaryl/α,β-unsaturated/α-hetero) is 1. The predicted molar refractivity (Wildman–Crippen MR) is 96.4 cm³/mol. The molecule has 0 fully saturated rings. The fraction of sp³-hybridized carbons (Fsp3) is 0.0500.